The fourth-order valence-electron chi connectivity index (χ4n) is 3.44. The van der Waals surface area contributed by atoms with Gasteiger partial charge in [0.25, 0.3) is 0 Å². The first-order valence-electron chi connectivity index (χ1n) is 8.43. The average Bonchev–Trinajstić information content (AvgIpc) is 3.24. The fraction of sp³-hybridized carbons (Fsp3) is 0.350. The Labute approximate surface area is 140 Å². The van der Waals surface area contributed by atoms with Crippen LogP contribution in [0, 0.1) is 11.7 Å². The maximum atomic E-state index is 13.0. The van der Waals surface area contributed by atoms with Gasteiger partial charge in [0.1, 0.15) is 11.6 Å². The van der Waals surface area contributed by atoms with Crippen LogP contribution in [-0.2, 0) is 11.2 Å². The fourth-order valence-corrected chi connectivity index (χ4v) is 3.44. The molecule has 1 heterocycles. The molecule has 4 rings (SSSR count). The van der Waals surface area contributed by atoms with E-state index in [-0.39, 0.29) is 29.6 Å². The second kappa shape index (κ2) is 5.93. The normalized spacial score (nSPS) is 22.4. The zero-order chi connectivity index (χ0) is 16.7. The molecule has 0 radical (unpaired) electrons. The smallest absolute Gasteiger partial charge is 0.224 e. The molecule has 2 aliphatic rings. The summed E-state index contributed by atoms with van der Waals surface area (Å²) in [6.07, 6.45) is 1.77. The molecule has 1 aliphatic heterocycles. The Balaban J connectivity index is 1.39. The Morgan fingerprint density at radius 1 is 1.25 bits per heavy atom. The molecule has 2 aromatic carbocycles. The summed E-state index contributed by atoms with van der Waals surface area (Å²) in [4.78, 5) is 12.5. The van der Waals surface area contributed by atoms with Crippen LogP contribution in [0.3, 0.4) is 0 Å². The molecule has 1 fully saturated rings. The van der Waals surface area contributed by atoms with Gasteiger partial charge in [-0.05, 0) is 60.2 Å². The molecule has 0 saturated heterocycles. The second-order valence-electron chi connectivity index (χ2n) is 6.70. The number of ether oxygens (including phenoxy) is 1. The van der Waals surface area contributed by atoms with Crippen molar-refractivity contribution in [1.29, 1.82) is 0 Å². The third kappa shape index (κ3) is 2.88. The van der Waals surface area contributed by atoms with E-state index in [0.717, 1.165) is 36.3 Å². The first-order valence-corrected chi connectivity index (χ1v) is 8.43. The zero-order valence-electron chi connectivity index (χ0n) is 13.6. The maximum absolute atomic E-state index is 13.0. The Bertz CT molecular complexity index is 772. The van der Waals surface area contributed by atoms with Gasteiger partial charge in [0.05, 0.1) is 12.6 Å². The minimum atomic E-state index is -0.241. The van der Waals surface area contributed by atoms with Crippen molar-refractivity contribution in [3.8, 4) is 5.75 Å². The van der Waals surface area contributed by atoms with Crippen LogP contribution in [0.15, 0.2) is 42.5 Å². The van der Waals surface area contributed by atoms with E-state index in [2.05, 4.69) is 11.4 Å². The summed E-state index contributed by atoms with van der Waals surface area (Å²) < 4.78 is 18.5. The van der Waals surface area contributed by atoms with Gasteiger partial charge < -0.3 is 10.1 Å². The van der Waals surface area contributed by atoms with Crippen LogP contribution in [0.1, 0.15) is 42.0 Å². The highest BCUT2D eigenvalue weighted by Crippen LogP contribution is 2.47. The van der Waals surface area contributed by atoms with Gasteiger partial charge in [0, 0.05) is 12.3 Å². The van der Waals surface area contributed by atoms with Crippen LogP contribution >= 0.6 is 0 Å². The third-order valence-corrected chi connectivity index (χ3v) is 5.00. The van der Waals surface area contributed by atoms with Crippen molar-refractivity contribution in [2.24, 2.45) is 5.92 Å². The standard InChI is InChI=1S/C20H20FNO2/c1-12(14-4-7-19-15(10-14)8-9-24-19)22-20(23)18-11-17(18)13-2-5-16(21)6-3-13/h2-7,10,12,17-18H,8-9,11H2,1H3,(H,22,23). The van der Waals surface area contributed by atoms with E-state index in [9.17, 15) is 9.18 Å². The van der Waals surface area contributed by atoms with Crippen molar-refractivity contribution >= 4 is 5.91 Å². The van der Waals surface area contributed by atoms with Crippen LogP contribution in [0.4, 0.5) is 4.39 Å². The highest BCUT2D eigenvalue weighted by atomic mass is 19.1. The summed E-state index contributed by atoms with van der Waals surface area (Å²) in [6.45, 7) is 2.74. The van der Waals surface area contributed by atoms with E-state index in [4.69, 9.17) is 4.74 Å². The van der Waals surface area contributed by atoms with Gasteiger partial charge in [0.2, 0.25) is 5.91 Å². The molecule has 1 aliphatic carbocycles. The van der Waals surface area contributed by atoms with Gasteiger partial charge in [-0.25, -0.2) is 4.39 Å². The molecule has 2 aromatic rings. The number of hydrogen-bond donors (Lipinski definition) is 1. The molecule has 0 bridgehead atoms. The molecule has 124 valence electrons. The molecule has 3 unspecified atom stereocenters. The second-order valence-corrected chi connectivity index (χ2v) is 6.70. The topological polar surface area (TPSA) is 38.3 Å². The Kier molecular flexibility index (Phi) is 3.75. The Morgan fingerprint density at radius 2 is 2.04 bits per heavy atom. The third-order valence-electron chi connectivity index (χ3n) is 5.00. The molecular formula is C20H20FNO2. The SMILES string of the molecule is CC(NC(=O)C1CC1c1ccc(F)cc1)c1ccc2c(c1)CCO2. The van der Waals surface area contributed by atoms with Crippen molar-refractivity contribution in [1.82, 2.24) is 5.32 Å². The Hall–Kier alpha value is -2.36. The number of fused-ring (bicyclic) bond motifs is 1. The van der Waals surface area contributed by atoms with Gasteiger partial charge >= 0.3 is 0 Å². The van der Waals surface area contributed by atoms with Crippen molar-refractivity contribution in [3.05, 3.63) is 65.0 Å². The quantitative estimate of drug-likeness (QED) is 0.930. The first-order chi connectivity index (χ1) is 11.6. The number of nitrogens with one attached hydrogen (secondary N) is 1. The highest BCUT2D eigenvalue weighted by molar-refractivity contribution is 5.83. The lowest BCUT2D eigenvalue weighted by molar-refractivity contribution is -0.123. The van der Waals surface area contributed by atoms with Crippen molar-refractivity contribution in [2.45, 2.75) is 31.7 Å². The summed E-state index contributed by atoms with van der Waals surface area (Å²) in [5, 5.41) is 3.11. The van der Waals surface area contributed by atoms with E-state index >= 15 is 0 Å². The average molecular weight is 325 g/mol. The minimum Gasteiger partial charge on any atom is -0.493 e. The first kappa shape index (κ1) is 15.2. The predicted octanol–water partition coefficient (Wildman–Crippen LogP) is 3.74. The molecule has 1 saturated carbocycles. The molecule has 4 heteroatoms. The van der Waals surface area contributed by atoms with E-state index in [0.29, 0.717) is 0 Å². The van der Waals surface area contributed by atoms with Crippen LogP contribution in [-0.4, -0.2) is 12.5 Å². The highest BCUT2D eigenvalue weighted by Gasteiger charge is 2.44. The summed E-state index contributed by atoms with van der Waals surface area (Å²) in [5.74, 6) is 1.00. The maximum Gasteiger partial charge on any atom is 0.224 e. The van der Waals surface area contributed by atoms with Gasteiger partial charge in [-0.3, -0.25) is 4.79 Å². The molecule has 0 aromatic heterocycles. The molecule has 0 spiro atoms. The lowest BCUT2D eigenvalue weighted by atomic mass is 10.0. The van der Waals surface area contributed by atoms with Crippen molar-refractivity contribution < 1.29 is 13.9 Å². The summed E-state index contributed by atoms with van der Waals surface area (Å²) in [7, 11) is 0. The van der Waals surface area contributed by atoms with E-state index in [1.165, 1.54) is 17.7 Å². The van der Waals surface area contributed by atoms with Crippen LogP contribution in [0.2, 0.25) is 0 Å². The van der Waals surface area contributed by atoms with E-state index in [1.54, 1.807) is 12.1 Å². The number of rotatable bonds is 4. The molecule has 1 N–H and O–H groups in total. The molecular weight excluding hydrogens is 305 g/mol. The number of carbonyl (C=O) groups excluding carboxylic acids is 1. The molecule has 24 heavy (non-hydrogen) atoms. The van der Waals surface area contributed by atoms with Crippen LogP contribution in [0.25, 0.3) is 0 Å². The summed E-state index contributed by atoms with van der Waals surface area (Å²) >= 11 is 0. The summed E-state index contributed by atoms with van der Waals surface area (Å²) in [6, 6.07) is 12.6. The number of amides is 1. The van der Waals surface area contributed by atoms with Gasteiger partial charge in [0.15, 0.2) is 0 Å². The molecule has 1 amide bonds. The monoisotopic (exact) mass is 325 g/mol. The number of benzene rings is 2. The van der Waals surface area contributed by atoms with Gasteiger partial charge in [-0.15, -0.1) is 0 Å². The lowest BCUT2D eigenvalue weighted by Gasteiger charge is -2.15. The van der Waals surface area contributed by atoms with E-state index < -0.39 is 0 Å². The number of hydrogen-bond acceptors (Lipinski definition) is 2. The van der Waals surface area contributed by atoms with Crippen molar-refractivity contribution in [2.75, 3.05) is 6.61 Å². The zero-order valence-corrected chi connectivity index (χ0v) is 13.6. The number of halogens is 1. The molecule has 3 nitrogen and oxygen atoms in total. The van der Waals surface area contributed by atoms with Crippen molar-refractivity contribution in [3.63, 3.8) is 0 Å². The molecule has 3 atom stereocenters. The lowest BCUT2D eigenvalue weighted by Crippen LogP contribution is -2.28. The van der Waals surface area contributed by atoms with Gasteiger partial charge in [-0.1, -0.05) is 18.2 Å². The number of carbonyl (C=O) groups is 1. The predicted molar refractivity (Wildman–Crippen MR) is 89.4 cm³/mol. The van der Waals surface area contributed by atoms with Crippen LogP contribution in [0.5, 0.6) is 5.75 Å². The minimum absolute atomic E-state index is 0.00401. The van der Waals surface area contributed by atoms with Gasteiger partial charge in [-0.2, -0.15) is 0 Å². The Morgan fingerprint density at radius 3 is 2.83 bits per heavy atom. The summed E-state index contributed by atoms with van der Waals surface area (Å²) in [5.41, 5.74) is 3.36. The van der Waals surface area contributed by atoms with E-state index in [1.807, 2.05) is 19.1 Å². The largest absolute Gasteiger partial charge is 0.493 e. The van der Waals surface area contributed by atoms with Crippen LogP contribution < -0.4 is 10.1 Å².